The summed E-state index contributed by atoms with van der Waals surface area (Å²) in [6, 6.07) is 7.96. The Hall–Kier alpha value is -0.915. The number of benzene rings is 1. The third-order valence-electron chi connectivity index (χ3n) is 1.23. The van der Waals surface area contributed by atoms with Gasteiger partial charge in [0.15, 0.2) is 0 Å². The lowest BCUT2D eigenvalue weighted by molar-refractivity contribution is 0.415. The summed E-state index contributed by atoms with van der Waals surface area (Å²) in [7, 11) is 3.72. The maximum absolute atomic E-state index is 5.00. The predicted molar refractivity (Wildman–Crippen MR) is 41.2 cm³/mol. The van der Waals surface area contributed by atoms with Crippen molar-refractivity contribution in [1.82, 2.24) is 0 Å². The monoisotopic (exact) mass is 120 g/mol. The molecular formula is C7H9BO. The van der Waals surface area contributed by atoms with Gasteiger partial charge >= 0.3 is 0 Å². The van der Waals surface area contributed by atoms with E-state index in [1.165, 1.54) is 5.46 Å². The van der Waals surface area contributed by atoms with E-state index in [1.807, 2.05) is 32.1 Å². The molecular weight excluding hydrogens is 111 g/mol. The average Bonchev–Trinajstić information content (AvgIpc) is 1.88. The first-order chi connectivity index (χ1) is 4.33. The molecule has 0 aromatic heterocycles. The van der Waals surface area contributed by atoms with Crippen molar-refractivity contribution < 1.29 is 4.74 Å². The second kappa shape index (κ2) is 2.58. The lowest BCUT2D eigenvalue weighted by Gasteiger charge is -1.97. The van der Waals surface area contributed by atoms with Gasteiger partial charge in [0.05, 0.1) is 7.11 Å². The van der Waals surface area contributed by atoms with Crippen LogP contribution in [0.5, 0.6) is 5.75 Å². The van der Waals surface area contributed by atoms with E-state index in [1.54, 1.807) is 7.11 Å². The molecule has 46 valence electrons. The number of ether oxygens (including phenoxy) is 1. The summed E-state index contributed by atoms with van der Waals surface area (Å²) >= 11 is 0. The summed E-state index contributed by atoms with van der Waals surface area (Å²) in [5.41, 5.74) is 1.23. The first-order valence-corrected chi connectivity index (χ1v) is 2.93. The van der Waals surface area contributed by atoms with Crippen LogP contribution in [0, 0.1) is 0 Å². The van der Waals surface area contributed by atoms with E-state index in [9.17, 15) is 0 Å². The zero-order chi connectivity index (χ0) is 6.69. The van der Waals surface area contributed by atoms with Crippen LogP contribution in [0.3, 0.4) is 0 Å². The first-order valence-electron chi connectivity index (χ1n) is 2.93. The van der Waals surface area contributed by atoms with Crippen molar-refractivity contribution in [3.8, 4) is 5.75 Å². The van der Waals surface area contributed by atoms with Crippen molar-refractivity contribution in [3.63, 3.8) is 0 Å². The molecule has 0 amide bonds. The number of rotatable bonds is 1. The summed E-state index contributed by atoms with van der Waals surface area (Å²) in [6.07, 6.45) is 0. The Bertz CT molecular complexity index is 198. The molecule has 0 spiro atoms. The smallest absolute Gasteiger partial charge is 0.139 e. The van der Waals surface area contributed by atoms with Crippen LogP contribution in [-0.4, -0.2) is 15.0 Å². The number of hydrogen-bond acceptors (Lipinski definition) is 1. The maximum Gasteiger partial charge on any atom is 0.139 e. The van der Waals surface area contributed by atoms with Crippen LogP contribution in [0.15, 0.2) is 24.3 Å². The van der Waals surface area contributed by atoms with Gasteiger partial charge in [-0.1, -0.05) is 17.6 Å². The highest BCUT2D eigenvalue weighted by atomic mass is 16.5. The molecule has 1 rings (SSSR count). The molecule has 0 aliphatic heterocycles. The van der Waals surface area contributed by atoms with E-state index < -0.39 is 0 Å². The Morgan fingerprint density at radius 3 is 2.67 bits per heavy atom. The molecule has 0 aliphatic carbocycles. The van der Waals surface area contributed by atoms with Gasteiger partial charge in [-0.05, 0) is 12.1 Å². The highest BCUT2D eigenvalue weighted by molar-refractivity contribution is 6.32. The Morgan fingerprint density at radius 2 is 2.22 bits per heavy atom. The zero-order valence-corrected chi connectivity index (χ0v) is 5.72. The third kappa shape index (κ3) is 1.49. The first kappa shape index (κ1) is 6.21. The Morgan fingerprint density at radius 1 is 1.44 bits per heavy atom. The van der Waals surface area contributed by atoms with Gasteiger partial charge < -0.3 is 4.74 Å². The van der Waals surface area contributed by atoms with E-state index in [4.69, 9.17) is 4.74 Å². The van der Waals surface area contributed by atoms with Crippen LogP contribution >= 0.6 is 0 Å². The molecule has 0 N–H and O–H groups in total. The van der Waals surface area contributed by atoms with Crippen LogP contribution in [0.25, 0.3) is 0 Å². The minimum absolute atomic E-state index is 0.926. The highest BCUT2D eigenvalue weighted by Crippen LogP contribution is 2.03. The third-order valence-corrected chi connectivity index (χ3v) is 1.23. The molecule has 9 heavy (non-hydrogen) atoms. The molecule has 0 bridgehead atoms. The summed E-state index contributed by atoms with van der Waals surface area (Å²) in [5.74, 6) is 0.926. The maximum atomic E-state index is 5.00. The molecule has 0 fully saturated rings. The van der Waals surface area contributed by atoms with Gasteiger partial charge in [0.25, 0.3) is 0 Å². The van der Waals surface area contributed by atoms with Crippen molar-refractivity contribution in [2.45, 2.75) is 0 Å². The van der Waals surface area contributed by atoms with Gasteiger partial charge in [-0.25, -0.2) is 0 Å². The van der Waals surface area contributed by atoms with E-state index in [0.29, 0.717) is 0 Å². The van der Waals surface area contributed by atoms with E-state index >= 15 is 0 Å². The van der Waals surface area contributed by atoms with Gasteiger partial charge in [-0.2, -0.15) is 0 Å². The molecule has 0 saturated carbocycles. The molecule has 1 aromatic carbocycles. The molecule has 2 heteroatoms. The lowest BCUT2D eigenvalue weighted by Crippen LogP contribution is -2.00. The molecule has 0 unspecified atom stereocenters. The molecule has 0 heterocycles. The molecule has 0 atom stereocenters. The zero-order valence-electron chi connectivity index (χ0n) is 5.72. The largest absolute Gasteiger partial charge is 0.497 e. The highest BCUT2D eigenvalue weighted by Gasteiger charge is 1.86. The Labute approximate surface area is 56.1 Å². The van der Waals surface area contributed by atoms with Gasteiger partial charge in [-0.15, -0.1) is 0 Å². The van der Waals surface area contributed by atoms with E-state index in [0.717, 1.165) is 5.75 Å². The summed E-state index contributed by atoms with van der Waals surface area (Å²) in [5, 5.41) is 0. The predicted octanol–water partition coefficient (Wildman–Crippen LogP) is -0.0464. The minimum atomic E-state index is 0.926. The second-order valence-electron chi connectivity index (χ2n) is 2.02. The Kier molecular flexibility index (Phi) is 1.78. The van der Waals surface area contributed by atoms with Crippen LogP contribution < -0.4 is 10.2 Å². The van der Waals surface area contributed by atoms with Crippen LogP contribution in [0.1, 0.15) is 0 Å². The van der Waals surface area contributed by atoms with Crippen molar-refractivity contribution in [2.24, 2.45) is 0 Å². The van der Waals surface area contributed by atoms with Gasteiger partial charge in [0, 0.05) is 0 Å². The summed E-state index contributed by atoms with van der Waals surface area (Å²) in [6.45, 7) is 0. The van der Waals surface area contributed by atoms with Crippen molar-refractivity contribution in [3.05, 3.63) is 24.3 Å². The minimum Gasteiger partial charge on any atom is -0.497 e. The van der Waals surface area contributed by atoms with Crippen molar-refractivity contribution in [1.29, 1.82) is 0 Å². The standard InChI is InChI=1S/C7H9BO/c1-9-7-4-2-3-6(8)5-7/h2-5H,8H2,1H3. The molecule has 1 aromatic rings. The van der Waals surface area contributed by atoms with E-state index in [2.05, 4.69) is 0 Å². The Balaban J connectivity index is 2.94. The van der Waals surface area contributed by atoms with Crippen LogP contribution in [0.4, 0.5) is 0 Å². The van der Waals surface area contributed by atoms with Crippen molar-refractivity contribution in [2.75, 3.05) is 7.11 Å². The fourth-order valence-corrected chi connectivity index (χ4v) is 0.742. The SMILES string of the molecule is Bc1cccc(OC)c1. The molecule has 0 saturated heterocycles. The molecule has 0 radical (unpaired) electrons. The quantitative estimate of drug-likeness (QED) is 0.472. The average molecular weight is 120 g/mol. The molecule has 1 nitrogen and oxygen atoms in total. The fourth-order valence-electron chi connectivity index (χ4n) is 0.742. The lowest BCUT2D eigenvalue weighted by atomic mass is 9.96. The number of methoxy groups -OCH3 is 1. The van der Waals surface area contributed by atoms with Gasteiger partial charge in [0.1, 0.15) is 13.6 Å². The summed E-state index contributed by atoms with van der Waals surface area (Å²) < 4.78 is 5.00. The van der Waals surface area contributed by atoms with Gasteiger partial charge in [-0.3, -0.25) is 0 Å². The summed E-state index contributed by atoms with van der Waals surface area (Å²) in [4.78, 5) is 0. The second-order valence-corrected chi connectivity index (χ2v) is 2.02. The van der Waals surface area contributed by atoms with Crippen molar-refractivity contribution >= 4 is 13.3 Å². The van der Waals surface area contributed by atoms with Crippen LogP contribution in [0.2, 0.25) is 0 Å². The van der Waals surface area contributed by atoms with E-state index in [-0.39, 0.29) is 0 Å². The normalized spacial score (nSPS) is 9.00. The topological polar surface area (TPSA) is 9.23 Å². The van der Waals surface area contributed by atoms with Crippen LogP contribution in [-0.2, 0) is 0 Å². The molecule has 0 aliphatic rings. The number of hydrogen-bond donors (Lipinski definition) is 0. The van der Waals surface area contributed by atoms with Gasteiger partial charge in [0.2, 0.25) is 0 Å². The fraction of sp³-hybridized carbons (Fsp3) is 0.143.